The van der Waals surface area contributed by atoms with Crippen molar-refractivity contribution in [3.05, 3.63) is 0 Å². The molecule has 0 heterocycles. The Morgan fingerprint density at radius 2 is 0.429 bits per heavy atom. The summed E-state index contributed by atoms with van der Waals surface area (Å²) in [5.41, 5.74) is 0. The Bertz CT molecular complexity index is 105. The maximum absolute atomic E-state index is 9.92. The van der Waals surface area contributed by atoms with Crippen molar-refractivity contribution >= 4 is 0 Å². The molecule has 0 spiro atoms. The van der Waals surface area contributed by atoms with Crippen LogP contribution in [-0.4, -0.2) is 0 Å². The fourth-order valence-corrected chi connectivity index (χ4v) is 0. The number of rotatable bonds is 0. The van der Waals surface area contributed by atoms with Crippen LogP contribution in [0, 0.1) is 0 Å². The van der Waals surface area contributed by atoms with Crippen LogP contribution in [0.2, 0.25) is 0 Å². The van der Waals surface area contributed by atoms with E-state index in [9.17, 15) is 26.3 Å². The topological polar surface area (TPSA) is 0 Å². The molecule has 0 aromatic carbocycles. The van der Waals surface area contributed by atoms with Crippen LogP contribution in [0.3, 0.4) is 0 Å². The van der Waals surface area contributed by atoms with E-state index in [0.29, 0.717) is 0 Å². The zero-order valence-corrected chi connectivity index (χ0v) is 16.8. The smallest absolute Gasteiger partial charge is 1.00 e. The van der Waals surface area contributed by atoms with Crippen LogP contribution in [-0.2, 0) is 43.7 Å². The van der Waals surface area contributed by atoms with E-state index in [2.05, 4.69) is 0 Å². The van der Waals surface area contributed by atoms with Crippen molar-refractivity contribution in [2.24, 2.45) is 0 Å². The molecule has 14 heteroatoms. The SMILES string of the molecule is [F][Zr-]([F])([F])([F])[F].[F][Zr-]([F])([F])([F])[F].[K+].[Na+]. The number of hydrogen-bond acceptors (Lipinski definition) is 0. The van der Waals surface area contributed by atoms with Gasteiger partial charge in [-0.1, -0.05) is 0 Å². The van der Waals surface area contributed by atoms with E-state index in [-0.39, 0.29) is 80.9 Å². The first kappa shape index (κ1) is 26.3. The van der Waals surface area contributed by atoms with Crippen LogP contribution in [0.25, 0.3) is 0 Å². The number of halogens is 10. The monoisotopic (exact) mass is 432 g/mol. The maximum Gasteiger partial charge on any atom is 1.00 e. The Morgan fingerprint density at radius 3 is 0.429 bits per heavy atom. The van der Waals surface area contributed by atoms with Crippen molar-refractivity contribution in [2.75, 3.05) is 0 Å². The van der Waals surface area contributed by atoms with Gasteiger partial charge in [0.25, 0.3) is 0 Å². The molecule has 0 bridgehead atoms. The first-order valence-electron chi connectivity index (χ1n) is 1.89. The first-order chi connectivity index (χ1) is 4.47. The Morgan fingerprint density at radius 1 is 0.429 bits per heavy atom. The summed E-state index contributed by atoms with van der Waals surface area (Å²) in [4.78, 5) is 0. The largest absolute Gasteiger partial charge is 1.00 e. The summed E-state index contributed by atoms with van der Waals surface area (Å²) in [5, 5.41) is 0. The van der Waals surface area contributed by atoms with Gasteiger partial charge in [-0.15, -0.1) is 0 Å². The Kier molecular flexibility index (Phi) is 13.8. The molecule has 0 aliphatic heterocycles. The molecule has 0 nitrogen and oxygen atoms in total. The standard InChI is InChI=1S/10FH.K.Na.2Zr/h10*1H;;;;/q;;;;;;;;;;2*+1;2*+4/p-10. The summed E-state index contributed by atoms with van der Waals surface area (Å²) in [5.74, 6) is 0. The van der Waals surface area contributed by atoms with Crippen molar-refractivity contribution in [2.45, 2.75) is 0 Å². The molecule has 0 aromatic rings. The van der Waals surface area contributed by atoms with E-state index in [0.717, 1.165) is 0 Å². The Balaban J connectivity index is -0.0000000625. The van der Waals surface area contributed by atoms with Crippen molar-refractivity contribution in [3.8, 4) is 0 Å². The Hall–Kier alpha value is 3.70. The molecule has 80 valence electrons. The molecule has 14 heavy (non-hydrogen) atoms. The summed E-state index contributed by atoms with van der Waals surface area (Å²) < 4.78 is 99.2. The van der Waals surface area contributed by atoms with Crippen LogP contribution in [0.1, 0.15) is 0 Å². The quantitative estimate of drug-likeness (QED) is 0.312. The molecular weight excluding hydrogens is 435 g/mol. The van der Waals surface area contributed by atoms with E-state index >= 15 is 0 Å². The van der Waals surface area contributed by atoms with Gasteiger partial charge >= 0.3 is 151 Å². The zero-order valence-electron chi connectivity index (χ0n) is 6.78. The minimum atomic E-state index is -9.26. The summed E-state index contributed by atoms with van der Waals surface area (Å²) in [7, 11) is 0. The summed E-state index contributed by atoms with van der Waals surface area (Å²) in [6, 6.07) is 0. The molecule has 0 radical (unpaired) electrons. The molecule has 0 amide bonds. The molecule has 0 aliphatic rings. The molecule has 0 rings (SSSR count). The van der Waals surface area contributed by atoms with Gasteiger partial charge in [-0.25, -0.2) is 0 Å². The van der Waals surface area contributed by atoms with E-state index < -0.39 is 43.7 Å². The fraction of sp³-hybridized carbons (Fsp3) is 0. The molecule has 0 aromatic heterocycles. The van der Waals surface area contributed by atoms with Crippen molar-refractivity contribution in [3.63, 3.8) is 0 Å². The predicted octanol–water partition coefficient (Wildman–Crippen LogP) is -1.79. The molecule has 0 saturated heterocycles. The van der Waals surface area contributed by atoms with E-state index in [1.54, 1.807) is 0 Å². The second kappa shape index (κ2) is 7.33. The van der Waals surface area contributed by atoms with Gasteiger partial charge in [0.2, 0.25) is 0 Å². The summed E-state index contributed by atoms with van der Waals surface area (Å²) in [6.45, 7) is 0. The van der Waals surface area contributed by atoms with E-state index in [4.69, 9.17) is 0 Å². The third kappa shape index (κ3) is 248. The van der Waals surface area contributed by atoms with Gasteiger partial charge < -0.3 is 0 Å². The maximum atomic E-state index is 9.92. The van der Waals surface area contributed by atoms with Gasteiger partial charge in [0.15, 0.2) is 0 Å². The molecule has 0 fully saturated rings. The zero-order chi connectivity index (χ0) is 10.9. The van der Waals surface area contributed by atoms with Crippen LogP contribution in [0.4, 0.5) is 26.3 Å². The molecule has 0 atom stereocenters. The molecule has 0 saturated carbocycles. The minimum Gasteiger partial charge on any atom is 1.00 e. The second-order valence-corrected chi connectivity index (χ2v) is 8.45. The van der Waals surface area contributed by atoms with Gasteiger partial charge in [-0.05, 0) is 0 Å². The van der Waals surface area contributed by atoms with Crippen LogP contribution < -0.4 is 80.9 Å². The average Bonchev–Trinajstić information content (AvgIpc) is 1.02. The van der Waals surface area contributed by atoms with Gasteiger partial charge in [-0.3, -0.25) is 0 Å². The van der Waals surface area contributed by atoms with Crippen LogP contribution >= 0.6 is 0 Å². The third-order valence-corrected chi connectivity index (χ3v) is 0. The minimum absolute atomic E-state index is 0. The van der Waals surface area contributed by atoms with Crippen LogP contribution in [0.15, 0.2) is 0 Å². The van der Waals surface area contributed by atoms with E-state index in [1.165, 1.54) is 0 Å². The molecule has 0 N–H and O–H groups in total. The van der Waals surface area contributed by atoms with Crippen molar-refractivity contribution in [1.29, 1.82) is 0 Å². The first-order valence-corrected chi connectivity index (χ1v) is 11.2. The van der Waals surface area contributed by atoms with Gasteiger partial charge in [-0.2, -0.15) is 0 Å². The van der Waals surface area contributed by atoms with Crippen molar-refractivity contribution in [1.82, 2.24) is 0 Å². The average molecular weight is 435 g/mol. The Labute approximate surface area is 147 Å². The van der Waals surface area contributed by atoms with Gasteiger partial charge in [0, 0.05) is 0 Å². The number of hydrogen-bond donors (Lipinski definition) is 0. The van der Waals surface area contributed by atoms with Crippen molar-refractivity contribution < 1.29 is 151 Å². The van der Waals surface area contributed by atoms with Gasteiger partial charge in [0.1, 0.15) is 0 Å². The second-order valence-electron chi connectivity index (χ2n) is 1.43. The molecule has 0 unspecified atom stereocenters. The molecule has 0 aliphatic carbocycles. The fourth-order valence-electron chi connectivity index (χ4n) is 0. The summed E-state index contributed by atoms with van der Waals surface area (Å²) in [6.07, 6.45) is 0. The predicted molar refractivity (Wildman–Crippen MR) is 11.1 cm³/mol. The molecular formula is F10KNaZr2. The van der Waals surface area contributed by atoms with Gasteiger partial charge in [0.05, 0.1) is 0 Å². The van der Waals surface area contributed by atoms with Crippen LogP contribution in [0.5, 0.6) is 0 Å². The van der Waals surface area contributed by atoms with E-state index in [1.807, 2.05) is 0 Å². The normalized spacial score (nSPS) is 16.4. The summed E-state index contributed by atoms with van der Waals surface area (Å²) >= 11 is -18.5. The third-order valence-electron chi connectivity index (χ3n) is 0.